The zero-order valence-corrected chi connectivity index (χ0v) is 14.5. The quantitative estimate of drug-likeness (QED) is 0.320. The van der Waals surface area contributed by atoms with E-state index in [0.717, 1.165) is 11.3 Å². The molecule has 5 nitrogen and oxygen atoms in total. The van der Waals surface area contributed by atoms with Crippen LogP contribution in [0.1, 0.15) is 12.5 Å². The minimum atomic E-state index is -0.415. The van der Waals surface area contributed by atoms with Gasteiger partial charge in [0.25, 0.3) is 0 Å². The van der Waals surface area contributed by atoms with Gasteiger partial charge in [-0.25, -0.2) is 4.79 Å². The minimum Gasteiger partial charge on any atom is -0.496 e. The average molecular weight is 349 g/mol. The van der Waals surface area contributed by atoms with Gasteiger partial charge in [0.1, 0.15) is 5.75 Å². The van der Waals surface area contributed by atoms with Gasteiger partial charge < -0.3 is 14.8 Å². The second-order valence-electron chi connectivity index (χ2n) is 4.56. The lowest BCUT2D eigenvalue weighted by atomic mass is 10.2. The third kappa shape index (κ3) is 7.65. The lowest BCUT2D eigenvalue weighted by Crippen LogP contribution is -2.11. The van der Waals surface area contributed by atoms with Gasteiger partial charge in [-0.05, 0) is 31.2 Å². The lowest BCUT2D eigenvalue weighted by molar-refractivity contribution is -0.137. The maximum Gasteiger partial charge on any atom is 0.332 e. The van der Waals surface area contributed by atoms with Gasteiger partial charge in [0.15, 0.2) is 0 Å². The standard InChI is InChI=1S/C18H21ClN2O3/c1-4-24-18(22)9-11-20-10-5-6-14(2)21-13-15-7-8-16(19)12-17(15)23-3/h5-12,21H,2,4,13H2,1,3H3/b6-5-,11-9+,20-10+. The van der Waals surface area contributed by atoms with Gasteiger partial charge in [0, 0.05) is 41.3 Å². The molecule has 0 saturated carbocycles. The molecule has 128 valence electrons. The number of allylic oxidation sites excluding steroid dienone is 2. The summed E-state index contributed by atoms with van der Waals surface area (Å²) in [5.74, 6) is 0.305. The monoisotopic (exact) mass is 348 g/mol. The van der Waals surface area contributed by atoms with Gasteiger partial charge in [0.2, 0.25) is 0 Å². The van der Waals surface area contributed by atoms with E-state index in [1.165, 1.54) is 12.3 Å². The summed E-state index contributed by atoms with van der Waals surface area (Å²) in [6.07, 6.45) is 7.66. The molecule has 1 aromatic rings. The van der Waals surface area contributed by atoms with Crippen molar-refractivity contribution >= 4 is 23.8 Å². The summed E-state index contributed by atoms with van der Waals surface area (Å²) in [7, 11) is 1.60. The molecule has 1 N–H and O–H groups in total. The van der Waals surface area contributed by atoms with Crippen molar-refractivity contribution in [2.75, 3.05) is 13.7 Å². The van der Waals surface area contributed by atoms with Crippen molar-refractivity contribution in [3.05, 3.63) is 65.5 Å². The summed E-state index contributed by atoms with van der Waals surface area (Å²) < 4.78 is 10.0. The van der Waals surface area contributed by atoms with Gasteiger partial charge in [-0.1, -0.05) is 24.2 Å². The number of nitrogens with zero attached hydrogens (tertiary/aromatic N) is 1. The molecule has 0 aromatic heterocycles. The van der Waals surface area contributed by atoms with E-state index in [2.05, 4.69) is 16.9 Å². The number of nitrogens with one attached hydrogen (secondary N) is 1. The zero-order valence-electron chi connectivity index (χ0n) is 13.8. The molecule has 0 aliphatic carbocycles. The molecule has 0 heterocycles. The van der Waals surface area contributed by atoms with E-state index in [1.807, 2.05) is 12.1 Å². The second kappa shape index (κ2) is 11.1. The van der Waals surface area contributed by atoms with Gasteiger partial charge in [-0.15, -0.1) is 0 Å². The minimum absolute atomic E-state index is 0.344. The first-order chi connectivity index (χ1) is 11.6. The van der Waals surface area contributed by atoms with Crippen LogP contribution in [0, 0.1) is 0 Å². The Morgan fingerprint density at radius 1 is 1.42 bits per heavy atom. The van der Waals surface area contributed by atoms with E-state index >= 15 is 0 Å². The largest absolute Gasteiger partial charge is 0.496 e. The third-order valence-electron chi connectivity index (χ3n) is 2.81. The Morgan fingerprint density at radius 2 is 2.21 bits per heavy atom. The molecular formula is C18H21ClN2O3. The van der Waals surface area contributed by atoms with Crippen LogP contribution >= 0.6 is 11.6 Å². The lowest BCUT2D eigenvalue weighted by Gasteiger charge is -2.10. The summed E-state index contributed by atoms with van der Waals surface area (Å²) in [6.45, 7) is 6.54. The highest BCUT2D eigenvalue weighted by Gasteiger charge is 2.03. The molecule has 0 radical (unpaired) electrons. The van der Waals surface area contributed by atoms with Gasteiger partial charge >= 0.3 is 5.97 Å². The molecular weight excluding hydrogens is 328 g/mol. The first kappa shape index (κ1) is 19.5. The Balaban J connectivity index is 2.42. The van der Waals surface area contributed by atoms with E-state index in [-0.39, 0.29) is 0 Å². The molecule has 0 fully saturated rings. The number of benzene rings is 1. The summed E-state index contributed by atoms with van der Waals surface area (Å²) in [5.41, 5.74) is 1.69. The number of hydrogen-bond acceptors (Lipinski definition) is 5. The molecule has 0 spiro atoms. The molecule has 0 aliphatic heterocycles. The molecule has 1 aromatic carbocycles. The highest BCUT2D eigenvalue weighted by atomic mass is 35.5. The van der Waals surface area contributed by atoms with E-state index in [0.29, 0.717) is 23.9 Å². The predicted molar refractivity (Wildman–Crippen MR) is 97.4 cm³/mol. The molecule has 1 rings (SSSR count). The molecule has 0 amide bonds. The molecule has 0 unspecified atom stereocenters. The van der Waals surface area contributed by atoms with Crippen LogP contribution in [0.5, 0.6) is 5.75 Å². The summed E-state index contributed by atoms with van der Waals surface area (Å²) >= 11 is 5.93. The normalized spacial score (nSPS) is 11.3. The van der Waals surface area contributed by atoms with E-state index in [1.54, 1.807) is 38.5 Å². The number of esters is 1. The Kier molecular flexibility index (Phi) is 9.01. The number of halogens is 1. The second-order valence-corrected chi connectivity index (χ2v) is 5.00. The van der Waals surface area contributed by atoms with Crippen LogP contribution in [0.15, 0.2) is 59.9 Å². The smallest absolute Gasteiger partial charge is 0.332 e. The number of rotatable bonds is 9. The van der Waals surface area contributed by atoms with Crippen LogP contribution in [0.2, 0.25) is 5.02 Å². The van der Waals surface area contributed by atoms with Crippen LogP contribution in [-0.4, -0.2) is 25.9 Å². The Bertz CT molecular complexity index is 652. The third-order valence-corrected chi connectivity index (χ3v) is 3.04. The van der Waals surface area contributed by atoms with Crippen LogP contribution < -0.4 is 10.1 Å². The van der Waals surface area contributed by atoms with E-state index < -0.39 is 5.97 Å². The van der Waals surface area contributed by atoms with Crippen molar-refractivity contribution < 1.29 is 14.3 Å². The SMILES string of the molecule is C=C(\C=C/C=N/C=C/C(=O)OCC)NCc1ccc(Cl)cc1OC. The molecule has 0 atom stereocenters. The molecule has 0 aliphatic rings. The van der Waals surface area contributed by atoms with Crippen molar-refractivity contribution in [1.29, 1.82) is 0 Å². The zero-order chi connectivity index (χ0) is 17.8. The number of carbonyl (C=O) groups excluding carboxylic acids is 1. The molecule has 0 saturated heterocycles. The predicted octanol–water partition coefficient (Wildman–Crippen LogP) is 3.66. The first-order valence-electron chi connectivity index (χ1n) is 7.35. The number of carbonyl (C=O) groups is 1. The first-order valence-corrected chi connectivity index (χ1v) is 7.73. The number of ether oxygens (including phenoxy) is 2. The molecule has 6 heteroatoms. The van der Waals surface area contributed by atoms with Crippen molar-refractivity contribution in [3.63, 3.8) is 0 Å². The van der Waals surface area contributed by atoms with Crippen LogP contribution in [-0.2, 0) is 16.1 Å². The van der Waals surface area contributed by atoms with Crippen molar-refractivity contribution in [2.45, 2.75) is 13.5 Å². The Hall–Kier alpha value is -2.53. The summed E-state index contributed by atoms with van der Waals surface area (Å²) in [4.78, 5) is 15.0. The van der Waals surface area contributed by atoms with E-state index in [4.69, 9.17) is 21.1 Å². The van der Waals surface area contributed by atoms with Crippen LogP contribution in [0.25, 0.3) is 0 Å². The highest BCUT2D eigenvalue weighted by molar-refractivity contribution is 6.30. The summed E-state index contributed by atoms with van der Waals surface area (Å²) in [5, 5.41) is 3.79. The number of aliphatic imine (C=N–C) groups is 1. The molecule has 0 bridgehead atoms. The molecule has 24 heavy (non-hydrogen) atoms. The summed E-state index contributed by atoms with van der Waals surface area (Å²) in [6, 6.07) is 5.47. The Labute approximate surface area is 147 Å². The van der Waals surface area contributed by atoms with Gasteiger partial charge in [-0.2, -0.15) is 0 Å². The Morgan fingerprint density at radius 3 is 2.92 bits per heavy atom. The fourth-order valence-electron chi connectivity index (χ4n) is 1.68. The number of methoxy groups -OCH3 is 1. The average Bonchev–Trinajstić information content (AvgIpc) is 2.56. The maximum absolute atomic E-state index is 11.0. The van der Waals surface area contributed by atoms with Crippen LogP contribution in [0.4, 0.5) is 0 Å². The van der Waals surface area contributed by atoms with Crippen LogP contribution in [0.3, 0.4) is 0 Å². The van der Waals surface area contributed by atoms with Gasteiger partial charge in [-0.3, -0.25) is 4.99 Å². The van der Waals surface area contributed by atoms with Crippen molar-refractivity contribution in [1.82, 2.24) is 5.32 Å². The topological polar surface area (TPSA) is 59.9 Å². The van der Waals surface area contributed by atoms with E-state index in [9.17, 15) is 4.79 Å². The fourth-order valence-corrected chi connectivity index (χ4v) is 1.85. The maximum atomic E-state index is 11.0. The highest BCUT2D eigenvalue weighted by Crippen LogP contribution is 2.23. The van der Waals surface area contributed by atoms with Crippen molar-refractivity contribution in [3.8, 4) is 5.75 Å². The number of hydrogen-bond donors (Lipinski definition) is 1. The van der Waals surface area contributed by atoms with Gasteiger partial charge in [0.05, 0.1) is 13.7 Å². The fraction of sp³-hybridized carbons (Fsp3) is 0.222. The van der Waals surface area contributed by atoms with Crippen molar-refractivity contribution in [2.24, 2.45) is 4.99 Å².